The maximum Gasteiger partial charge on any atom is 0.221 e. The van der Waals surface area contributed by atoms with E-state index < -0.39 is 0 Å². The van der Waals surface area contributed by atoms with Gasteiger partial charge in [-0.2, -0.15) is 0 Å². The molecule has 1 rings (SSSR count). The Bertz CT molecular complexity index is 177. The first-order chi connectivity index (χ1) is 8.24. The van der Waals surface area contributed by atoms with Crippen molar-refractivity contribution in [1.82, 2.24) is 10.2 Å². The second-order valence-electron chi connectivity index (χ2n) is 3.73. The molecular weight excluding hydrogens is 212 g/mol. The molecule has 0 aromatic heterocycles. The van der Waals surface area contributed by atoms with Gasteiger partial charge in [0.1, 0.15) is 0 Å². The summed E-state index contributed by atoms with van der Waals surface area (Å²) in [7, 11) is 0. The molecule has 1 heterocycles. The molecule has 1 aliphatic rings. The summed E-state index contributed by atoms with van der Waals surface area (Å²) in [5.41, 5.74) is 0. The van der Waals surface area contributed by atoms with Gasteiger partial charge in [0.2, 0.25) is 5.91 Å². The molecule has 0 radical (unpaired) electrons. The lowest BCUT2D eigenvalue weighted by Gasteiger charge is -2.20. The van der Waals surface area contributed by atoms with Crippen LogP contribution in [0.3, 0.4) is 0 Å². The molecule has 0 aromatic rings. The van der Waals surface area contributed by atoms with Gasteiger partial charge in [-0.3, -0.25) is 4.79 Å². The van der Waals surface area contributed by atoms with E-state index in [1.807, 2.05) is 34.6 Å². The number of likely N-dealkylation sites (tertiary alicyclic amines) is 1. The molecule has 17 heavy (non-hydrogen) atoms. The fourth-order valence-corrected chi connectivity index (χ4v) is 1.86. The Labute approximate surface area is 109 Å². The van der Waals surface area contributed by atoms with E-state index in [0.717, 1.165) is 13.1 Å². The Kier molecular flexibility index (Phi) is 14.9. The van der Waals surface area contributed by atoms with Crippen molar-refractivity contribution in [3.63, 3.8) is 0 Å². The molecule has 3 heteroatoms. The smallest absolute Gasteiger partial charge is 0.221 e. The summed E-state index contributed by atoms with van der Waals surface area (Å²) in [5.74, 6) is 0.182. The fourth-order valence-electron chi connectivity index (χ4n) is 1.86. The highest BCUT2D eigenvalue weighted by Crippen LogP contribution is 2.15. The van der Waals surface area contributed by atoms with Crippen LogP contribution in [0.25, 0.3) is 0 Å². The predicted molar refractivity (Wildman–Crippen MR) is 78.4 cm³/mol. The summed E-state index contributed by atoms with van der Waals surface area (Å²) in [6.45, 7) is 15.0. The molecule has 0 aliphatic carbocycles. The monoisotopic (exact) mass is 246 g/mol. The number of carbonyl (C=O) groups is 1. The Hall–Kier alpha value is -0.570. The van der Waals surface area contributed by atoms with Crippen LogP contribution in [0.4, 0.5) is 0 Å². The van der Waals surface area contributed by atoms with Crippen molar-refractivity contribution in [3.05, 3.63) is 0 Å². The molecule has 106 valence electrons. The molecule has 0 bridgehead atoms. The van der Waals surface area contributed by atoms with E-state index in [2.05, 4.69) is 17.1 Å². The highest BCUT2D eigenvalue weighted by atomic mass is 16.1. The van der Waals surface area contributed by atoms with E-state index in [9.17, 15) is 4.79 Å². The fraction of sp³-hybridized carbons (Fsp3) is 0.929. The SMILES string of the molecule is CC.CC.CCNC(=O)CCN1CCC[C@H]1C.[HH]. The lowest BCUT2D eigenvalue weighted by atomic mass is 10.2. The van der Waals surface area contributed by atoms with Gasteiger partial charge in [-0.05, 0) is 33.2 Å². The second kappa shape index (κ2) is 13.5. The van der Waals surface area contributed by atoms with Crippen LogP contribution in [0.1, 0.15) is 62.2 Å². The average Bonchev–Trinajstić information content (AvgIpc) is 2.78. The Morgan fingerprint density at radius 1 is 1.35 bits per heavy atom. The molecular formula is C14H34N2O. The maximum atomic E-state index is 11.2. The Morgan fingerprint density at radius 2 is 1.94 bits per heavy atom. The standard InChI is InChI=1S/C10H20N2O.2C2H6.H2/c1-3-11-10(13)6-8-12-7-4-5-9(12)2;2*1-2;/h9H,3-8H2,1-2H3,(H,11,13);2*1-2H3;1H/t9-;;;/m1.../s1. The molecule has 1 atom stereocenters. The summed E-state index contributed by atoms with van der Waals surface area (Å²) in [4.78, 5) is 13.6. The first-order valence-electron chi connectivity index (χ1n) is 7.24. The summed E-state index contributed by atoms with van der Waals surface area (Å²) < 4.78 is 0. The zero-order valence-corrected chi connectivity index (χ0v) is 12.7. The molecule has 0 unspecified atom stereocenters. The van der Waals surface area contributed by atoms with Gasteiger partial charge < -0.3 is 10.2 Å². The van der Waals surface area contributed by atoms with Gasteiger partial charge in [0.25, 0.3) is 0 Å². The minimum atomic E-state index is 0. The van der Waals surface area contributed by atoms with E-state index >= 15 is 0 Å². The number of nitrogens with zero attached hydrogens (tertiary/aromatic N) is 1. The lowest BCUT2D eigenvalue weighted by molar-refractivity contribution is -0.121. The molecule has 3 nitrogen and oxygen atoms in total. The predicted octanol–water partition coefficient (Wildman–Crippen LogP) is 3.30. The van der Waals surface area contributed by atoms with Gasteiger partial charge >= 0.3 is 0 Å². The average molecular weight is 246 g/mol. The number of hydrogen-bond donors (Lipinski definition) is 1. The van der Waals surface area contributed by atoms with Crippen molar-refractivity contribution in [2.45, 2.75) is 66.8 Å². The minimum Gasteiger partial charge on any atom is -0.356 e. The number of amides is 1. The zero-order valence-electron chi connectivity index (χ0n) is 12.7. The topological polar surface area (TPSA) is 32.3 Å². The van der Waals surface area contributed by atoms with Gasteiger partial charge in [0.05, 0.1) is 0 Å². The maximum absolute atomic E-state index is 11.2. The summed E-state index contributed by atoms with van der Waals surface area (Å²) >= 11 is 0. The zero-order chi connectivity index (χ0) is 13.7. The molecule has 0 saturated carbocycles. The van der Waals surface area contributed by atoms with Gasteiger partial charge in [-0.25, -0.2) is 0 Å². The third kappa shape index (κ3) is 9.16. The van der Waals surface area contributed by atoms with Crippen molar-refractivity contribution in [2.24, 2.45) is 0 Å². The third-order valence-corrected chi connectivity index (χ3v) is 2.69. The number of hydrogen-bond acceptors (Lipinski definition) is 2. The van der Waals surface area contributed by atoms with Gasteiger partial charge in [0.15, 0.2) is 0 Å². The van der Waals surface area contributed by atoms with Crippen LogP contribution in [0.2, 0.25) is 0 Å². The summed E-state index contributed by atoms with van der Waals surface area (Å²) in [6, 6.07) is 0.675. The second-order valence-corrected chi connectivity index (χ2v) is 3.73. The van der Waals surface area contributed by atoms with Gasteiger partial charge in [-0.1, -0.05) is 27.7 Å². The molecule has 1 saturated heterocycles. The quantitative estimate of drug-likeness (QED) is 0.825. The number of rotatable bonds is 4. The van der Waals surface area contributed by atoms with Crippen LogP contribution < -0.4 is 5.32 Å². The van der Waals surface area contributed by atoms with Crippen molar-refractivity contribution in [3.8, 4) is 0 Å². The lowest BCUT2D eigenvalue weighted by Crippen LogP contribution is -2.32. The van der Waals surface area contributed by atoms with Crippen LogP contribution >= 0.6 is 0 Å². The number of nitrogens with one attached hydrogen (secondary N) is 1. The third-order valence-electron chi connectivity index (χ3n) is 2.69. The largest absolute Gasteiger partial charge is 0.356 e. The van der Waals surface area contributed by atoms with Gasteiger partial charge in [0, 0.05) is 27.0 Å². The van der Waals surface area contributed by atoms with Crippen LogP contribution in [0.15, 0.2) is 0 Å². The van der Waals surface area contributed by atoms with E-state index in [4.69, 9.17) is 0 Å². The number of carbonyl (C=O) groups excluding carboxylic acids is 1. The van der Waals surface area contributed by atoms with Crippen LogP contribution in [0.5, 0.6) is 0 Å². The van der Waals surface area contributed by atoms with Crippen LogP contribution in [-0.4, -0.2) is 36.5 Å². The Morgan fingerprint density at radius 3 is 2.35 bits per heavy atom. The van der Waals surface area contributed by atoms with Gasteiger partial charge in [-0.15, -0.1) is 0 Å². The normalized spacial score (nSPS) is 18.6. The van der Waals surface area contributed by atoms with E-state index in [1.54, 1.807) is 0 Å². The van der Waals surface area contributed by atoms with E-state index in [0.29, 0.717) is 12.5 Å². The first kappa shape index (κ1) is 18.8. The van der Waals surface area contributed by atoms with Crippen LogP contribution in [0, 0.1) is 0 Å². The van der Waals surface area contributed by atoms with Crippen molar-refractivity contribution >= 4 is 5.91 Å². The van der Waals surface area contributed by atoms with Crippen LogP contribution in [-0.2, 0) is 4.79 Å². The first-order valence-corrected chi connectivity index (χ1v) is 7.24. The molecule has 1 aliphatic heterocycles. The molecule has 1 fully saturated rings. The molecule has 1 N–H and O–H groups in total. The Balaban J connectivity index is -0.000000409. The minimum absolute atomic E-state index is 0. The van der Waals surface area contributed by atoms with E-state index in [1.165, 1.54) is 19.4 Å². The van der Waals surface area contributed by atoms with Crippen molar-refractivity contribution in [2.75, 3.05) is 19.6 Å². The highest BCUT2D eigenvalue weighted by Gasteiger charge is 2.19. The van der Waals surface area contributed by atoms with Crippen molar-refractivity contribution in [1.29, 1.82) is 0 Å². The molecule has 0 aromatic carbocycles. The summed E-state index contributed by atoms with van der Waals surface area (Å²) in [6.07, 6.45) is 3.23. The highest BCUT2D eigenvalue weighted by molar-refractivity contribution is 5.75. The van der Waals surface area contributed by atoms with Crippen molar-refractivity contribution < 1.29 is 6.22 Å². The molecule has 1 amide bonds. The molecule has 0 spiro atoms. The summed E-state index contributed by atoms with van der Waals surface area (Å²) in [5, 5.41) is 2.82. The van der Waals surface area contributed by atoms with E-state index in [-0.39, 0.29) is 7.33 Å².